The first-order valence-corrected chi connectivity index (χ1v) is 8.53. The Balaban J connectivity index is 2.00. The number of hydrogen-bond donors (Lipinski definition) is 2. The van der Waals surface area contributed by atoms with E-state index in [9.17, 15) is 13.2 Å². The van der Waals surface area contributed by atoms with Gasteiger partial charge in [-0.25, -0.2) is 0 Å². The second kappa shape index (κ2) is 7.02. The minimum Gasteiger partial charge on any atom is -0.355 e. The molecule has 116 valence electrons. The summed E-state index contributed by atoms with van der Waals surface area (Å²) in [4.78, 5) is 11.6. The molecule has 0 spiro atoms. The molecule has 1 amide bonds. The molecule has 0 radical (unpaired) electrons. The zero-order valence-corrected chi connectivity index (χ0v) is 12.9. The second-order valence-corrected chi connectivity index (χ2v) is 6.82. The van der Waals surface area contributed by atoms with Gasteiger partial charge in [0.05, 0.1) is 0 Å². The molecule has 0 aliphatic carbocycles. The largest absolute Gasteiger partial charge is 0.355 e. The van der Waals surface area contributed by atoms with Crippen LogP contribution in [0.2, 0.25) is 0 Å². The lowest BCUT2D eigenvalue weighted by Crippen LogP contribution is -2.43. The Morgan fingerprint density at radius 3 is 2.62 bits per heavy atom. The van der Waals surface area contributed by atoms with Crippen molar-refractivity contribution >= 4 is 16.1 Å². The van der Waals surface area contributed by atoms with Gasteiger partial charge in [-0.2, -0.15) is 17.4 Å². The van der Waals surface area contributed by atoms with Crippen LogP contribution in [0.25, 0.3) is 0 Å². The van der Waals surface area contributed by atoms with Crippen molar-refractivity contribution in [3.8, 4) is 0 Å². The molecule has 6 nitrogen and oxygen atoms in total. The maximum atomic E-state index is 12.2. The molecular formula is C14H21N3O3S. The molecule has 1 fully saturated rings. The molecule has 21 heavy (non-hydrogen) atoms. The van der Waals surface area contributed by atoms with Gasteiger partial charge in [-0.1, -0.05) is 18.6 Å². The Kier molecular flexibility index (Phi) is 5.33. The van der Waals surface area contributed by atoms with E-state index >= 15 is 0 Å². The van der Waals surface area contributed by atoms with Gasteiger partial charge in [0, 0.05) is 32.2 Å². The van der Waals surface area contributed by atoms with Gasteiger partial charge in [0.1, 0.15) is 0 Å². The van der Waals surface area contributed by atoms with E-state index in [0.717, 1.165) is 24.8 Å². The van der Waals surface area contributed by atoms with Crippen molar-refractivity contribution in [2.45, 2.75) is 25.8 Å². The molecule has 7 heteroatoms. The van der Waals surface area contributed by atoms with E-state index in [0.29, 0.717) is 18.7 Å². The Labute approximate surface area is 125 Å². The molecule has 0 saturated carbocycles. The van der Waals surface area contributed by atoms with Gasteiger partial charge < -0.3 is 5.32 Å². The van der Waals surface area contributed by atoms with Gasteiger partial charge in [-0.15, -0.1) is 0 Å². The van der Waals surface area contributed by atoms with E-state index in [1.807, 2.05) is 0 Å². The molecule has 1 aromatic rings. The van der Waals surface area contributed by atoms with Gasteiger partial charge >= 0.3 is 0 Å². The molecule has 2 N–H and O–H groups in total. The van der Waals surface area contributed by atoms with Gasteiger partial charge in [0.15, 0.2) is 0 Å². The maximum absolute atomic E-state index is 12.2. The lowest BCUT2D eigenvalue weighted by atomic mass is 10.1. The van der Waals surface area contributed by atoms with Crippen LogP contribution in [0.3, 0.4) is 0 Å². The predicted octanol–water partition coefficient (Wildman–Crippen LogP) is 0.866. The normalized spacial score (nSPS) is 16.6. The van der Waals surface area contributed by atoms with Crippen molar-refractivity contribution in [2.24, 2.45) is 0 Å². The SMILES string of the molecule is CNC(=O)c1cccc(CNS(=O)(=O)N2CCCCC2)c1. The van der Waals surface area contributed by atoms with Crippen LogP contribution in [0.5, 0.6) is 0 Å². The Morgan fingerprint density at radius 1 is 1.24 bits per heavy atom. The van der Waals surface area contributed by atoms with Crippen molar-refractivity contribution in [1.82, 2.24) is 14.3 Å². The second-order valence-electron chi connectivity index (χ2n) is 5.07. The predicted molar refractivity (Wildman–Crippen MR) is 81.0 cm³/mol. The summed E-state index contributed by atoms with van der Waals surface area (Å²) in [5.74, 6) is -0.185. The van der Waals surface area contributed by atoms with Gasteiger partial charge in [-0.3, -0.25) is 4.79 Å². The highest BCUT2D eigenvalue weighted by atomic mass is 32.2. The number of piperidine rings is 1. The fourth-order valence-corrected chi connectivity index (χ4v) is 3.61. The third-order valence-electron chi connectivity index (χ3n) is 3.53. The molecule has 1 aliphatic heterocycles. The monoisotopic (exact) mass is 311 g/mol. The average molecular weight is 311 g/mol. The summed E-state index contributed by atoms with van der Waals surface area (Å²) >= 11 is 0. The summed E-state index contributed by atoms with van der Waals surface area (Å²) in [7, 11) is -1.87. The van der Waals surface area contributed by atoms with Gasteiger partial charge in [-0.05, 0) is 30.5 Å². The van der Waals surface area contributed by atoms with Gasteiger partial charge in [0.2, 0.25) is 0 Å². The summed E-state index contributed by atoms with van der Waals surface area (Å²) in [6.45, 7) is 1.34. The summed E-state index contributed by atoms with van der Waals surface area (Å²) in [5.41, 5.74) is 1.28. The molecule has 0 unspecified atom stereocenters. The van der Waals surface area contributed by atoms with Crippen LogP contribution in [-0.2, 0) is 16.8 Å². The minimum absolute atomic E-state index is 0.184. The number of carbonyl (C=O) groups excluding carboxylic acids is 1. The van der Waals surface area contributed by atoms with E-state index in [-0.39, 0.29) is 12.5 Å². The molecule has 1 aromatic carbocycles. The maximum Gasteiger partial charge on any atom is 0.279 e. The number of benzene rings is 1. The zero-order chi connectivity index (χ0) is 15.3. The Bertz CT molecular complexity index is 595. The first-order chi connectivity index (χ1) is 10.0. The fourth-order valence-electron chi connectivity index (χ4n) is 2.34. The summed E-state index contributed by atoms with van der Waals surface area (Å²) in [5, 5.41) is 2.55. The van der Waals surface area contributed by atoms with Gasteiger partial charge in [0.25, 0.3) is 16.1 Å². The lowest BCUT2D eigenvalue weighted by molar-refractivity contribution is 0.0963. The number of amides is 1. The molecule has 0 aromatic heterocycles. The highest BCUT2D eigenvalue weighted by Crippen LogP contribution is 2.12. The fraction of sp³-hybridized carbons (Fsp3) is 0.500. The molecule has 1 saturated heterocycles. The van der Waals surface area contributed by atoms with Crippen LogP contribution in [-0.4, -0.2) is 38.8 Å². The molecule has 0 atom stereocenters. The summed E-state index contributed by atoms with van der Waals surface area (Å²) in [6, 6.07) is 6.93. The highest BCUT2D eigenvalue weighted by molar-refractivity contribution is 7.87. The number of hydrogen-bond acceptors (Lipinski definition) is 3. The smallest absolute Gasteiger partial charge is 0.279 e. The highest BCUT2D eigenvalue weighted by Gasteiger charge is 2.23. The van der Waals surface area contributed by atoms with Crippen LogP contribution in [0, 0.1) is 0 Å². The quantitative estimate of drug-likeness (QED) is 0.847. The van der Waals surface area contributed by atoms with Crippen LogP contribution >= 0.6 is 0 Å². The van der Waals surface area contributed by atoms with E-state index in [1.54, 1.807) is 31.3 Å². The summed E-state index contributed by atoms with van der Waals surface area (Å²) < 4.78 is 28.4. The zero-order valence-electron chi connectivity index (χ0n) is 12.1. The van der Waals surface area contributed by atoms with E-state index in [2.05, 4.69) is 10.0 Å². The van der Waals surface area contributed by atoms with E-state index in [4.69, 9.17) is 0 Å². The first-order valence-electron chi connectivity index (χ1n) is 7.09. The number of rotatable bonds is 5. The topological polar surface area (TPSA) is 78.5 Å². The average Bonchev–Trinajstić information content (AvgIpc) is 2.53. The molecule has 0 bridgehead atoms. The Hall–Kier alpha value is -1.44. The molecular weight excluding hydrogens is 290 g/mol. The van der Waals surface area contributed by atoms with Crippen molar-refractivity contribution in [2.75, 3.05) is 20.1 Å². The number of nitrogens with one attached hydrogen (secondary N) is 2. The van der Waals surface area contributed by atoms with Crippen LogP contribution < -0.4 is 10.0 Å². The van der Waals surface area contributed by atoms with Crippen LogP contribution in [0.15, 0.2) is 24.3 Å². The lowest BCUT2D eigenvalue weighted by Gasteiger charge is -2.25. The molecule has 1 aliphatic rings. The van der Waals surface area contributed by atoms with Crippen molar-refractivity contribution in [3.63, 3.8) is 0 Å². The van der Waals surface area contributed by atoms with E-state index in [1.165, 1.54) is 4.31 Å². The molecule has 2 rings (SSSR count). The Morgan fingerprint density at radius 2 is 1.95 bits per heavy atom. The number of carbonyl (C=O) groups is 1. The summed E-state index contributed by atoms with van der Waals surface area (Å²) in [6.07, 6.45) is 2.90. The van der Waals surface area contributed by atoms with Crippen molar-refractivity contribution < 1.29 is 13.2 Å². The first kappa shape index (κ1) is 15.9. The standard InChI is InChI=1S/C14H21N3O3S/c1-15-14(18)13-7-5-6-12(10-13)11-16-21(19,20)17-8-3-2-4-9-17/h5-7,10,16H,2-4,8-9,11H2,1H3,(H,15,18). The van der Waals surface area contributed by atoms with E-state index < -0.39 is 10.2 Å². The van der Waals surface area contributed by atoms with Crippen molar-refractivity contribution in [3.05, 3.63) is 35.4 Å². The number of nitrogens with zero attached hydrogens (tertiary/aromatic N) is 1. The third kappa shape index (κ3) is 4.26. The van der Waals surface area contributed by atoms with Crippen LogP contribution in [0.1, 0.15) is 35.2 Å². The third-order valence-corrected chi connectivity index (χ3v) is 5.08. The van der Waals surface area contributed by atoms with Crippen LogP contribution in [0.4, 0.5) is 0 Å². The molecule has 1 heterocycles. The minimum atomic E-state index is -3.44. The van der Waals surface area contributed by atoms with Crippen molar-refractivity contribution in [1.29, 1.82) is 0 Å².